The first-order valence-corrected chi connectivity index (χ1v) is 15.2. The quantitative estimate of drug-likeness (QED) is 0.111. The third-order valence-electron chi connectivity index (χ3n) is 9.13. The summed E-state index contributed by atoms with van der Waals surface area (Å²) < 4.78 is 6.18. The van der Waals surface area contributed by atoms with E-state index in [9.17, 15) is 24.3 Å². The van der Waals surface area contributed by atoms with E-state index >= 15 is 0 Å². The van der Waals surface area contributed by atoms with E-state index < -0.39 is 18.4 Å². The van der Waals surface area contributed by atoms with Crippen LogP contribution in [0.5, 0.6) is 5.75 Å². The maximum atomic E-state index is 13.4. The van der Waals surface area contributed by atoms with Crippen molar-refractivity contribution in [1.82, 2.24) is 4.98 Å². The highest BCUT2D eigenvalue weighted by Crippen LogP contribution is 2.56. The number of phenolic OH excluding ortho intramolecular Hbond substituents is 1. The van der Waals surface area contributed by atoms with Crippen molar-refractivity contribution < 1.29 is 29.0 Å². The number of aromatic nitrogens is 1. The van der Waals surface area contributed by atoms with Gasteiger partial charge in [-0.2, -0.15) is 0 Å². The van der Waals surface area contributed by atoms with Gasteiger partial charge in [0.15, 0.2) is 6.61 Å². The van der Waals surface area contributed by atoms with E-state index in [0.717, 1.165) is 16.5 Å². The molecule has 1 aromatic heterocycles. The standard InChI is InChI=1S/C35H27BrN2O6/c1-17-11-20-13-24(17)31-30(20)33(41)38(34(31)42)22-9-7-19(8-10-22)27-15-26(25-14-21(36)12-18(2)32(25)37-27)35(43)44-16-29(40)23-5-3-4-6-28(23)39/h3-12,14-15,20,24,30-31,39H,13,16H2,1-2H3. The number of phenols is 1. The van der Waals surface area contributed by atoms with Gasteiger partial charge in [-0.05, 0) is 80.1 Å². The Hall–Kier alpha value is -4.63. The third kappa shape index (κ3) is 4.45. The van der Waals surface area contributed by atoms with Gasteiger partial charge in [-0.1, -0.05) is 51.8 Å². The zero-order valence-electron chi connectivity index (χ0n) is 23.9. The molecule has 2 aliphatic carbocycles. The number of allylic oxidation sites excluding steroid dienone is 2. The van der Waals surface area contributed by atoms with Gasteiger partial charge >= 0.3 is 5.97 Å². The van der Waals surface area contributed by atoms with Crippen molar-refractivity contribution >= 4 is 56.1 Å². The number of halogens is 1. The summed E-state index contributed by atoms with van der Waals surface area (Å²) >= 11 is 3.49. The van der Waals surface area contributed by atoms with Crippen LogP contribution >= 0.6 is 15.9 Å². The summed E-state index contributed by atoms with van der Waals surface area (Å²) in [5.74, 6) is -2.01. The number of hydrogen-bond acceptors (Lipinski definition) is 7. The molecule has 2 heterocycles. The van der Waals surface area contributed by atoms with Crippen LogP contribution in [0.25, 0.3) is 22.2 Å². The number of ketones is 1. The Morgan fingerprint density at radius 3 is 2.45 bits per heavy atom. The van der Waals surface area contributed by atoms with Gasteiger partial charge in [-0.25, -0.2) is 9.78 Å². The normalized spacial score (nSPS) is 22.0. The van der Waals surface area contributed by atoms with E-state index in [2.05, 4.69) is 22.0 Å². The molecule has 4 unspecified atom stereocenters. The molecular formula is C35H27BrN2O6. The molecule has 3 aliphatic rings. The number of pyridine rings is 1. The number of benzene rings is 3. The zero-order valence-corrected chi connectivity index (χ0v) is 25.5. The lowest BCUT2D eigenvalue weighted by Gasteiger charge is -2.19. The number of aryl methyl sites for hydroxylation is 1. The minimum absolute atomic E-state index is 0.0666. The Morgan fingerprint density at radius 1 is 0.977 bits per heavy atom. The Morgan fingerprint density at radius 2 is 1.70 bits per heavy atom. The van der Waals surface area contributed by atoms with E-state index in [1.807, 2.05) is 19.9 Å². The molecule has 2 bridgehead atoms. The molecule has 1 N–H and O–H groups in total. The lowest BCUT2D eigenvalue weighted by atomic mass is 9.82. The van der Waals surface area contributed by atoms with Crippen LogP contribution in [0.15, 0.2) is 82.9 Å². The summed E-state index contributed by atoms with van der Waals surface area (Å²) in [6.45, 7) is 3.38. The van der Waals surface area contributed by atoms with Crippen molar-refractivity contribution in [2.24, 2.45) is 23.7 Å². The summed E-state index contributed by atoms with van der Waals surface area (Å²) in [5, 5.41) is 10.6. The molecule has 4 aromatic rings. The number of ether oxygens (including phenoxy) is 1. The van der Waals surface area contributed by atoms with Crippen molar-refractivity contribution in [2.45, 2.75) is 20.3 Å². The fourth-order valence-electron chi connectivity index (χ4n) is 7.08. The van der Waals surface area contributed by atoms with Gasteiger partial charge in [0.05, 0.1) is 39.9 Å². The van der Waals surface area contributed by atoms with E-state index in [4.69, 9.17) is 9.72 Å². The first-order valence-electron chi connectivity index (χ1n) is 14.4. The molecule has 44 heavy (non-hydrogen) atoms. The number of nitrogens with zero attached hydrogens (tertiary/aromatic N) is 2. The number of carbonyl (C=O) groups is 4. The van der Waals surface area contributed by atoms with Crippen molar-refractivity contribution in [1.29, 1.82) is 0 Å². The van der Waals surface area contributed by atoms with Crippen LogP contribution < -0.4 is 4.90 Å². The maximum absolute atomic E-state index is 13.4. The van der Waals surface area contributed by atoms with Crippen LogP contribution in [0, 0.1) is 30.6 Å². The molecule has 1 saturated heterocycles. The fourth-order valence-corrected chi connectivity index (χ4v) is 7.65. The van der Waals surface area contributed by atoms with Crippen LogP contribution in [0.2, 0.25) is 0 Å². The van der Waals surface area contributed by atoms with E-state index in [-0.39, 0.29) is 52.4 Å². The Bertz CT molecular complexity index is 1950. The maximum Gasteiger partial charge on any atom is 0.339 e. The van der Waals surface area contributed by atoms with E-state index in [0.29, 0.717) is 27.8 Å². The van der Waals surface area contributed by atoms with Gasteiger partial charge < -0.3 is 9.84 Å². The second kappa shape index (κ2) is 10.5. The van der Waals surface area contributed by atoms with Crippen LogP contribution in [0.1, 0.15) is 39.6 Å². The molecule has 1 aliphatic heterocycles. The lowest BCUT2D eigenvalue weighted by Crippen LogP contribution is -2.32. The highest BCUT2D eigenvalue weighted by Gasteiger charge is 2.60. The SMILES string of the molecule is CC1=CC2CC1C1C(=O)N(c3ccc(-c4cc(C(=O)OCC(=O)c5ccccc5O)c5cc(Br)cc(C)c5n4)cc3)C(=O)C21. The second-order valence-corrected chi connectivity index (χ2v) is 12.6. The molecule has 1 saturated carbocycles. The van der Waals surface area contributed by atoms with Gasteiger partial charge in [0.25, 0.3) is 0 Å². The second-order valence-electron chi connectivity index (χ2n) is 11.7. The summed E-state index contributed by atoms with van der Waals surface area (Å²) in [4.78, 5) is 59.0. The predicted octanol–water partition coefficient (Wildman–Crippen LogP) is 6.42. The summed E-state index contributed by atoms with van der Waals surface area (Å²) in [6.07, 6.45) is 3.03. The fraction of sp³-hybridized carbons (Fsp3) is 0.229. The molecule has 0 spiro atoms. The van der Waals surface area contributed by atoms with Crippen LogP contribution in [0.3, 0.4) is 0 Å². The summed E-state index contributed by atoms with van der Waals surface area (Å²) in [6, 6.07) is 18.4. The minimum atomic E-state index is -0.713. The highest BCUT2D eigenvalue weighted by atomic mass is 79.9. The lowest BCUT2D eigenvalue weighted by molar-refractivity contribution is -0.123. The first-order chi connectivity index (χ1) is 21.1. The number of imide groups is 1. The van der Waals surface area contributed by atoms with Gasteiger partial charge in [0, 0.05) is 15.4 Å². The number of esters is 1. The highest BCUT2D eigenvalue weighted by molar-refractivity contribution is 9.10. The molecule has 9 heteroatoms. The van der Waals surface area contributed by atoms with Gasteiger partial charge in [0.1, 0.15) is 5.75 Å². The number of hydrogen-bond donors (Lipinski definition) is 1. The minimum Gasteiger partial charge on any atom is -0.507 e. The topological polar surface area (TPSA) is 114 Å². The van der Waals surface area contributed by atoms with Gasteiger partial charge in [-0.15, -0.1) is 0 Å². The molecule has 4 atom stereocenters. The van der Waals surface area contributed by atoms with Crippen molar-refractivity contribution in [3.63, 3.8) is 0 Å². The zero-order chi connectivity index (χ0) is 30.9. The molecule has 8 nitrogen and oxygen atoms in total. The Balaban J connectivity index is 1.19. The average molecular weight is 652 g/mol. The summed E-state index contributed by atoms with van der Waals surface area (Å²) in [7, 11) is 0. The number of rotatable bonds is 6. The Labute approximate surface area is 261 Å². The molecule has 3 aromatic carbocycles. The molecular weight excluding hydrogens is 624 g/mol. The predicted molar refractivity (Wildman–Crippen MR) is 167 cm³/mol. The third-order valence-corrected chi connectivity index (χ3v) is 9.59. The molecule has 2 amide bonds. The number of anilines is 1. The number of amides is 2. The van der Waals surface area contributed by atoms with Crippen molar-refractivity contribution in [3.05, 3.63) is 99.5 Å². The summed E-state index contributed by atoms with van der Waals surface area (Å²) in [5.41, 5.74) is 4.58. The smallest absolute Gasteiger partial charge is 0.339 e. The monoisotopic (exact) mass is 650 g/mol. The number of carbonyl (C=O) groups excluding carboxylic acids is 4. The van der Waals surface area contributed by atoms with Crippen molar-refractivity contribution in [2.75, 3.05) is 11.5 Å². The largest absolute Gasteiger partial charge is 0.507 e. The van der Waals surface area contributed by atoms with Crippen LogP contribution in [-0.2, 0) is 14.3 Å². The van der Waals surface area contributed by atoms with Crippen molar-refractivity contribution in [3.8, 4) is 17.0 Å². The number of Topliss-reactive ketones (excluding diaryl/α,β-unsaturated/α-hetero) is 1. The van der Waals surface area contributed by atoms with Gasteiger partial charge in [-0.3, -0.25) is 19.3 Å². The van der Waals surface area contributed by atoms with E-state index in [1.54, 1.807) is 48.5 Å². The van der Waals surface area contributed by atoms with Crippen LogP contribution in [-0.4, -0.2) is 40.3 Å². The molecule has 2 fully saturated rings. The average Bonchev–Trinajstić information content (AvgIpc) is 3.65. The molecule has 0 radical (unpaired) electrons. The van der Waals surface area contributed by atoms with Gasteiger partial charge in [0.2, 0.25) is 17.6 Å². The Kier molecular flexibility index (Phi) is 6.73. The first kappa shape index (κ1) is 28.2. The van der Waals surface area contributed by atoms with Crippen LogP contribution in [0.4, 0.5) is 5.69 Å². The molecule has 220 valence electrons. The number of aromatic hydroxyl groups is 1. The number of para-hydroxylation sites is 1. The van der Waals surface area contributed by atoms with E-state index in [1.165, 1.54) is 22.6 Å². The number of fused-ring (bicyclic) bond motifs is 6. The molecule has 7 rings (SSSR count).